The van der Waals surface area contributed by atoms with Crippen molar-refractivity contribution in [3.05, 3.63) is 34.6 Å². The second kappa shape index (κ2) is 5.34. The molecule has 2 rings (SSSR count). The number of halogens is 2. The molecular weight excluding hydrogens is 241 g/mol. The van der Waals surface area contributed by atoms with E-state index in [-0.39, 0.29) is 11.9 Å². The molecule has 0 aliphatic heterocycles. The predicted molar refractivity (Wildman–Crippen MR) is 66.5 cm³/mol. The first kappa shape index (κ1) is 12.8. The molecule has 1 atom stereocenters. The van der Waals surface area contributed by atoms with Gasteiger partial charge in [-0.3, -0.25) is 4.90 Å². The molecule has 1 unspecified atom stereocenters. The average Bonchev–Trinajstić information content (AvgIpc) is 3.07. The Balaban J connectivity index is 1.94. The number of nitrogens with zero attached hydrogens (tertiary/aromatic N) is 1. The summed E-state index contributed by atoms with van der Waals surface area (Å²) in [4.78, 5) is 1.91. The van der Waals surface area contributed by atoms with Gasteiger partial charge >= 0.3 is 0 Å². The molecule has 1 aliphatic carbocycles. The summed E-state index contributed by atoms with van der Waals surface area (Å²) < 4.78 is 13.5. The van der Waals surface area contributed by atoms with Crippen molar-refractivity contribution in [1.29, 1.82) is 0 Å². The van der Waals surface area contributed by atoms with Gasteiger partial charge in [0.1, 0.15) is 5.82 Å². The van der Waals surface area contributed by atoms with Crippen LogP contribution < -0.4 is 0 Å². The molecule has 0 saturated heterocycles. The first-order valence-electron chi connectivity index (χ1n) is 5.87. The van der Waals surface area contributed by atoms with Crippen LogP contribution in [-0.4, -0.2) is 29.7 Å². The number of hydrogen-bond acceptors (Lipinski definition) is 2. The van der Waals surface area contributed by atoms with E-state index in [0.717, 1.165) is 12.8 Å². The van der Waals surface area contributed by atoms with Crippen molar-refractivity contribution in [2.24, 2.45) is 5.92 Å². The van der Waals surface area contributed by atoms with E-state index in [0.29, 0.717) is 29.6 Å². The van der Waals surface area contributed by atoms with Crippen LogP contribution in [-0.2, 0) is 6.54 Å². The lowest BCUT2D eigenvalue weighted by molar-refractivity contribution is 0.104. The highest BCUT2D eigenvalue weighted by molar-refractivity contribution is 6.31. The van der Waals surface area contributed by atoms with Crippen molar-refractivity contribution in [3.63, 3.8) is 0 Å². The molecule has 0 bridgehead atoms. The van der Waals surface area contributed by atoms with Gasteiger partial charge in [0.25, 0.3) is 0 Å². The Labute approximate surface area is 106 Å². The molecule has 94 valence electrons. The zero-order valence-corrected chi connectivity index (χ0v) is 10.6. The van der Waals surface area contributed by atoms with Gasteiger partial charge in [-0.05, 0) is 37.9 Å². The highest BCUT2D eigenvalue weighted by Crippen LogP contribution is 2.33. The fraction of sp³-hybridized carbons (Fsp3) is 0.538. The van der Waals surface area contributed by atoms with Gasteiger partial charge in [0.15, 0.2) is 0 Å². The predicted octanol–water partition coefficient (Wildman–Crippen LogP) is 2.68. The fourth-order valence-electron chi connectivity index (χ4n) is 1.97. The Morgan fingerprint density at radius 1 is 1.53 bits per heavy atom. The highest BCUT2D eigenvalue weighted by Gasteiger charge is 2.30. The Hall–Kier alpha value is -0.640. The molecule has 1 aromatic carbocycles. The lowest BCUT2D eigenvalue weighted by Crippen LogP contribution is -2.30. The molecule has 2 nitrogen and oxygen atoms in total. The second-order valence-electron chi connectivity index (χ2n) is 4.80. The number of aliphatic hydroxyl groups excluding tert-OH is 1. The van der Waals surface area contributed by atoms with E-state index in [1.807, 2.05) is 11.9 Å². The van der Waals surface area contributed by atoms with Crippen LogP contribution in [0.25, 0.3) is 0 Å². The van der Waals surface area contributed by atoms with Gasteiger partial charge < -0.3 is 5.11 Å². The third-order valence-electron chi connectivity index (χ3n) is 3.15. The first-order valence-corrected chi connectivity index (χ1v) is 6.25. The Kier molecular flexibility index (Phi) is 4.02. The third kappa shape index (κ3) is 3.41. The summed E-state index contributed by atoms with van der Waals surface area (Å²) in [5.74, 6) is 0.152. The number of aliphatic hydroxyl groups is 1. The smallest absolute Gasteiger partial charge is 0.129 e. The molecule has 1 fully saturated rings. The van der Waals surface area contributed by atoms with Crippen LogP contribution in [0.15, 0.2) is 18.2 Å². The maximum absolute atomic E-state index is 13.5. The van der Waals surface area contributed by atoms with E-state index in [9.17, 15) is 9.50 Å². The first-order chi connectivity index (χ1) is 8.08. The van der Waals surface area contributed by atoms with E-state index in [1.165, 1.54) is 6.07 Å². The molecule has 0 spiro atoms. The van der Waals surface area contributed by atoms with Crippen molar-refractivity contribution in [2.45, 2.75) is 25.5 Å². The normalized spacial score (nSPS) is 17.5. The SMILES string of the molecule is CN(Cc1c(F)cccc1Cl)CC(O)C1CC1. The summed E-state index contributed by atoms with van der Waals surface area (Å²) in [5.41, 5.74) is 0.500. The number of benzene rings is 1. The molecule has 1 N–H and O–H groups in total. The van der Waals surface area contributed by atoms with Crippen LogP contribution in [0.1, 0.15) is 18.4 Å². The van der Waals surface area contributed by atoms with Gasteiger partial charge in [-0.25, -0.2) is 4.39 Å². The summed E-state index contributed by atoms with van der Waals surface area (Å²) in [7, 11) is 1.87. The Bertz CT molecular complexity index is 375. The molecule has 1 saturated carbocycles. The van der Waals surface area contributed by atoms with Gasteiger partial charge in [0.05, 0.1) is 6.10 Å². The van der Waals surface area contributed by atoms with Crippen LogP contribution in [0.5, 0.6) is 0 Å². The molecule has 1 aromatic rings. The van der Waals surface area contributed by atoms with Gasteiger partial charge in [0, 0.05) is 23.7 Å². The number of hydrogen-bond donors (Lipinski definition) is 1. The maximum atomic E-state index is 13.5. The summed E-state index contributed by atoms with van der Waals surface area (Å²) in [6.07, 6.45) is 1.91. The third-order valence-corrected chi connectivity index (χ3v) is 3.51. The van der Waals surface area contributed by atoms with E-state index >= 15 is 0 Å². The van der Waals surface area contributed by atoms with Crippen molar-refractivity contribution >= 4 is 11.6 Å². The van der Waals surface area contributed by atoms with Crippen molar-refractivity contribution in [1.82, 2.24) is 4.90 Å². The molecule has 0 aromatic heterocycles. The van der Waals surface area contributed by atoms with Crippen LogP contribution in [0.2, 0.25) is 5.02 Å². The molecule has 0 heterocycles. The molecule has 0 amide bonds. The van der Waals surface area contributed by atoms with Crippen molar-refractivity contribution in [3.8, 4) is 0 Å². The monoisotopic (exact) mass is 257 g/mol. The minimum atomic E-state index is -0.300. The molecule has 0 radical (unpaired) electrons. The van der Waals surface area contributed by atoms with E-state index in [4.69, 9.17) is 11.6 Å². The van der Waals surface area contributed by atoms with Crippen LogP contribution in [0, 0.1) is 11.7 Å². The van der Waals surface area contributed by atoms with Crippen LogP contribution in [0.3, 0.4) is 0 Å². The molecular formula is C13H17ClFNO. The standard InChI is InChI=1S/C13H17ClFNO/c1-16(8-13(17)9-5-6-9)7-10-11(14)3-2-4-12(10)15/h2-4,9,13,17H,5-8H2,1H3. The molecule has 17 heavy (non-hydrogen) atoms. The topological polar surface area (TPSA) is 23.5 Å². The Morgan fingerprint density at radius 2 is 2.24 bits per heavy atom. The van der Waals surface area contributed by atoms with Crippen LogP contribution in [0.4, 0.5) is 4.39 Å². The lowest BCUT2D eigenvalue weighted by Gasteiger charge is -2.21. The second-order valence-corrected chi connectivity index (χ2v) is 5.21. The molecule has 4 heteroatoms. The minimum Gasteiger partial charge on any atom is -0.392 e. The van der Waals surface area contributed by atoms with E-state index < -0.39 is 0 Å². The van der Waals surface area contributed by atoms with Gasteiger partial charge in [-0.2, -0.15) is 0 Å². The Morgan fingerprint density at radius 3 is 2.82 bits per heavy atom. The highest BCUT2D eigenvalue weighted by atomic mass is 35.5. The van der Waals surface area contributed by atoms with Crippen molar-refractivity contribution < 1.29 is 9.50 Å². The fourth-order valence-corrected chi connectivity index (χ4v) is 2.19. The molecule has 1 aliphatic rings. The summed E-state index contributed by atoms with van der Waals surface area (Å²) in [5, 5.41) is 10.2. The summed E-state index contributed by atoms with van der Waals surface area (Å²) in [6.45, 7) is 0.991. The van der Waals surface area contributed by atoms with Gasteiger partial charge in [-0.15, -0.1) is 0 Å². The van der Waals surface area contributed by atoms with E-state index in [2.05, 4.69) is 0 Å². The maximum Gasteiger partial charge on any atom is 0.129 e. The summed E-state index contributed by atoms with van der Waals surface area (Å²) in [6, 6.07) is 4.69. The minimum absolute atomic E-state index is 0.287. The largest absolute Gasteiger partial charge is 0.392 e. The summed E-state index contributed by atoms with van der Waals surface area (Å²) >= 11 is 5.96. The van der Waals surface area contributed by atoms with Crippen LogP contribution >= 0.6 is 11.6 Å². The number of likely N-dealkylation sites (N-methyl/N-ethyl adjacent to an activating group) is 1. The zero-order valence-electron chi connectivity index (χ0n) is 9.87. The van der Waals surface area contributed by atoms with Crippen molar-refractivity contribution in [2.75, 3.05) is 13.6 Å². The average molecular weight is 258 g/mol. The number of rotatable bonds is 5. The quantitative estimate of drug-likeness (QED) is 0.877. The zero-order chi connectivity index (χ0) is 12.4. The van der Waals surface area contributed by atoms with Gasteiger partial charge in [0.2, 0.25) is 0 Å². The van der Waals surface area contributed by atoms with Gasteiger partial charge in [-0.1, -0.05) is 17.7 Å². The van der Waals surface area contributed by atoms with E-state index in [1.54, 1.807) is 12.1 Å². The lowest BCUT2D eigenvalue weighted by atomic mass is 10.1.